The number of carbonyl (C=O) groups excluding carboxylic acids is 1. The summed E-state index contributed by atoms with van der Waals surface area (Å²) in [5, 5.41) is 0.774. The Morgan fingerprint density at radius 2 is 1.63 bits per heavy atom. The number of fused-ring (bicyclic) bond motifs is 1. The van der Waals surface area contributed by atoms with Crippen molar-refractivity contribution in [1.29, 1.82) is 0 Å². The number of para-hydroxylation sites is 2. The molecule has 0 aromatic heterocycles. The van der Waals surface area contributed by atoms with Crippen molar-refractivity contribution < 1.29 is 4.79 Å². The molecule has 4 nitrogen and oxygen atoms in total. The van der Waals surface area contributed by atoms with Crippen LogP contribution in [0.2, 0.25) is 5.02 Å². The molecule has 0 unspecified atom stereocenters. The first-order valence-corrected chi connectivity index (χ1v) is 10.8. The summed E-state index contributed by atoms with van der Waals surface area (Å²) in [7, 11) is 0. The number of rotatable bonds is 3. The van der Waals surface area contributed by atoms with E-state index in [-0.39, 0.29) is 5.91 Å². The third kappa shape index (κ3) is 4.19. The molecule has 27 heavy (non-hydrogen) atoms. The molecule has 1 saturated heterocycles. The third-order valence-electron chi connectivity index (χ3n) is 5.19. The first-order valence-electron chi connectivity index (χ1n) is 9.46. The molecular weight excluding hydrogens is 378 g/mol. The molecule has 0 N–H and O–H groups in total. The average Bonchev–Trinajstić information content (AvgIpc) is 2.91. The van der Waals surface area contributed by atoms with Gasteiger partial charge in [-0.2, -0.15) is 0 Å². The topological polar surface area (TPSA) is 26.8 Å². The molecule has 142 valence electrons. The van der Waals surface area contributed by atoms with E-state index in [0.717, 1.165) is 55.6 Å². The maximum atomic E-state index is 12.9. The maximum Gasteiger partial charge on any atom is 0.242 e. The molecule has 2 aromatic carbocycles. The summed E-state index contributed by atoms with van der Waals surface area (Å²) in [4.78, 5) is 20.7. The summed E-state index contributed by atoms with van der Waals surface area (Å²) in [6, 6.07) is 16.3. The van der Waals surface area contributed by atoms with Gasteiger partial charge < -0.3 is 14.7 Å². The van der Waals surface area contributed by atoms with Crippen molar-refractivity contribution in [2.24, 2.45) is 0 Å². The van der Waals surface area contributed by atoms with E-state index in [0.29, 0.717) is 6.54 Å². The second-order valence-corrected chi connectivity index (χ2v) is 8.45. The number of hydrogen-bond acceptors (Lipinski definition) is 4. The van der Waals surface area contributed by atoms with Crippen LogP contribution in [-0.2, 0) is 4.79 Å². The first kappa shape index (κ1) is 18.5. The number of hydrogen-bond donors (Lipinski definition) is 0. The zero-order valence-electron chi connectivity index (χ0n) is 15.3. The van der Waals surface area contributed by atoms with Gasteiger partial charge in [0.25, 0.3) is 0 Å². The Bertz CT molecular complexity index is 808. The molecule has 1 fully saturated rings. The number of piperazine rings is 1. The van der Waals surface area contributed by atoms with Crippen LogP contribution in [0.3, 0.4) is 0 Å². The summed E-state index contributed by atoms with van der Waals surface area (Å²) in [6.07, 6.45) is 1.10. The van der Waals surface area contributed by atoms with Crippen LogP contribution in [0.4, 0.5) is 11.4 Å². The van der Waals surface area contributed by atoms with Gasteiger partial charge in [-0.25, -0.2) is 0 Å². The van der Waals surface area contributed by atoms with Crippen LogP contribution < -0.4 is 9.80 Å². The van der Waals surface area contributed by atoms with E-state index >= 15 is 0 Å². The van der Waals surface area contributed by atoms with Crippen molar-refractivity contribution in [2.75, 3.05) is 54.8 Å². The zero-order chi connectivity index (χ0) is 18.6. The normalized spacial score (nSPS) is 17.4. The summed E-state index contributed by atoms with van der Waals surface area (Å²) in [6.45, 7) is 4.53. The van der Waals surface area contributed by atoms with E-state index in [9.17, 15) is 4.79 Å². The molecule has 2 aromatic rings. The molecule has 1 amide bonds. The number of anilines is 2. The Kier molecular flexibility index (Phi) is 5.79. The molecule has 0 atom stereocenters. The average molecular weight is 402 g/mol. The lowest BCUT2D eigenvalue weighted by Gasteiger charge is -2.37. The summed E-state index contributed by atoms with van der Waals surface area (Å²) in [5.74, 6) is 1.33. The molecule has 2 heterocycles. The molecular formula is C21H24ClN3OS. The number of thioether (sulfide) groups is 1. The lowest BCUT2D eigenvalue weighted by atomic mass is 10.2. The van der Waals surface area contributed by atoms with Crippen LogP contribution in [0.5, 0.6) is 0 Å². The van der Waals surface area contributed by atoms with Gasteiger partial charge in [0.05, 0.1) is 22.9 Å². The third-order valence-corrected chi connectivity index (χ3v) is 6.66. The largest absolute Gasteiger partial charge is 0.367 e. The second-order valence-electron chi connectivity index (χ2n) is 6.91. The molecule has 2 aliphatic rings. The van der Waals surface area contributed by atoms with Crippen molar-refractivity contribution in [3.63, 3.8) is 0 Å². The van der Waals surface area contributed by atoms with Gasteiger partial charge in [-0.3, -0.25) is 4.79 Å². The Morgan fingerprint density at radius 3 is 2.41 bits per heavy atom. The Labute approximate surface area is 170 Å². The number of halogens is 1. The molecule has 2 aliphatic heterocycles. The van der Waals surface area contributed by atoms with Gasteiger partial charge in [0.2, 0.25) is 5.91 Å². The Balaban J connectivity index is 1.38. The molecule has 0 radical (unpaired) electrons. The van der Waals surface area contributed by atoms with Crippen LogP contribution in [0, 0.1) is 0 Å². The Morgan fingerprint density at radius 1 is 0.926 bits per heavy atom. The number of nitrogens with zero attached hydrogens (tertiary/aromatic N) is 3. The van der Waals surface area contributed by atoms with Crippen molar-refractivity contribution in [2.45, 2.75) is 11.3 Å². The van der Waals surface area contributed by atoms with Crippen molar-refractivity contribution in [3.05, 3.63) is 53.6 Å². The number of amides is 1. The van der Waals surface area contributed by atoms with Crippen molar-refractivity contribution in [3.8, 4) is 0 Å². The van der Waals surface area contributed by atoms with E-state index in [1.54, 1.807) is 0 Å². The standard InChI is InChI=1S/C21H24ClN3OS/c22-17-6-1-2-7-18(17)23-11-13-24(14-12-23)21(26)16-25-10-5-15-27-20-9-4-3-8-19(20)25/h1-4,6-9H,5,10-16H2. The van der Waals surface area contributed by atoms with Gasteiger partial charge in [-0.05, 0) is 36.4 Å². The molecule has 0 aliphatic carbocycles. The van der Waals surface area contributed by atoms with Crippen LogP contribution in [0.1, 0.15) is 6.42 Å². The SMILES string of the molecule is O=C(CN1CCCSc2ccccc21)N1CCN(c2ccccc2Cl)CC1. The summed E-state index contributed by atoms with van der Waals surface area (Å²) >= 11 is 8.21. The van der Waals surface area contributed by atoms with Crippen molar-refractivity contribution in [1.82, 2.24) is 4.90 Å². The minimum absolute atomic E-state index is 0.218. The van der Waals surface area contributed by atoms with E-state index in [2.05, 4.69) is 34.1 Å². The lowest BCUT2D eigenvalue weighted by Crippen LogP contribution is -2.51. The van der Waals surface area contributed by atoms with E-state index in [1.807, 2.05) is 40.9 Å². The summed E-state index contributed by atoms with van der Waals surface area (Å²) in [5.41, 5.74) is 2.26. The molecule has 0 saturated carbocycles. The summed E-state index contributed by atoms with van der Waals surface area (Å²) < 4.78 is 0. The first-order chi connectivity index (χ1) is 13.2. The molecule has 0 spiro atoms. The highest BCUT2D eigenvalue weighted by molar-refractivity contribution is 7.99. The van der Waals surface area contributed by atoms with Crippen LogP contribution >= 0.6 is 23.4 Å². The van der Waals surface area contributed by atoms with Gasteiger partial charge in [0.1, 0.15) is 0 Å². The van der Waals surface area contributed by atoms with Gasteiger partial charge in [-0.1, -0.05) is 35.9 Å². The van der Waals surface area contributed by atoms with Crippen LogP contribution in [0.25, 0.3) is 0 Å². The highest BCUT2D eigenvalue weighted by Gasteiger charge is 2.25. The molecule has 4 rings (SSSR count). The highest BCUT2D eigenvalue weighted by Crippen LogP contribution is 2.33. The van der Waals surface area contributed by atoms with Crippen LogP contribution in [-0.4, -0.2) is 55.8 Å². The van der Waals surface area contributed by atoms with Crippen molar-refractivity contribution >= 4 is 40.6 Å². The van der Waals surface area contributed by atoms with Gasteiger partial charge in [0, 0.05) is 37.6 Å². The Hall–Kier alpha value is -1.85. The van der Waals surface area contributed by atoms with E-state index in [4.69, 9.17) is 11.6 Å². The van der Waals surface area contributed by atoms with Gasteiger partial charge in [-0.15, -0.1) is 11.8 Å². The molecule has 6 heteroatoms. The fourth-order valence-corrected chi connectivity index (χ4v) is 5.00. The predicted molar refractivity (Wildman–Crippen MR) is 114 cm³/mol. The quantitative estimate of drug-likeness (QED) is 0.776. The molecule has 0 bridgehead atoms. The minimum atomic E-state index is 0.218. The maximum absolute atomic E-state index is 12.9. The smallest absolute Gasteiger partial charge is 0.242 e. The van der Waals surface area contributed by atoms with Crippen LogP contribution in [0.15, 0.2) is 53.4 Å². The monoisotopic (exact) mass is 401 g/mol. The number of carbonyl (C=O) groups is 1. The second kappa shape index (κ2) is 8.44. The van der Waals surface area contributed by atoms with Gasteiger partial charge >= 0.3 is 0 Å². The highest BCUT2D eigenvalue weighted by atomic mass is 35.5. The van der Waals surface area contributed by atoms with Gasteiger partial charge in [0.15, 0.2) is 0 Å². The predicted octanol–water partition coefficient (Wildman–Crippen LogP) is 3.99. The van der Waals surface area contributed by atoms with E-state index in [1.165, 1.54) is 10.6 Å². The lowest BCUT2D eigenvalue weighted by molar-refractivity contribution is -0.130. The fourth-order valence-electron chi connectivity index (χ4n) is 3.73. The fraction of sp³-hybridized carbons (Fsp3) is 0.381. The minimum Gasteiger partial charge on any atom is -0.367 e. The zero-order valence-corrected chi connectivity index (χ0v) is 16.9. The van der Waals surface area contributed by atoms with E-state index < -0.39 is 0 Å². The number of benzene rings is 2.